The lowest BCUT2D eigenvalue weighted by molar-refractivity contribution is 0.475. The van der Waals surface area contributed by atoms with E-state index < -0.39 is 5.41 Å². The number of phenols is 2. The molecule has 0 heterocycles. The molecule has 8 aromatic rings. The summed E-state index contributed by atoms with van der Waals surface area (Å²) in [7, 11) is 0. The molecule has 1 aliphatic rings. The number of hydrogen-bond donors (Lipinski definition) is 2. The summed E-state index contributed by atoms with van der Waals surface area (Å²) in [5.41, 5.74) is 10.7. The Labute approximate surface area is 273 Å². The lowest BCUT2D eigenvalue weighted by atomic mass is 9.67. The van der Waals surface area contributed by atoms with Crippen molar-refractivity contribution in [3.8, 4) is 44.9 Å². The third-order valence-electron chi connectivity index (χ3n) is 9.94. The summed E-state index contributed by atoms with van der Waals surface area (Å²) in [6.45, 7) is 0. The zero-order valence-corrected chi connectivity index (χ0v) is 25.6. The Balaban J connectivity index is 1.38. The van der Waals surface area contributed by atoms with Crippen LogP contribution in [0.2, 0.25) is 0 Å². The van der Waals surface area contributed by atoms with Gasteiger partial charge in [0.2, 0.25) is 0 Å². The van der Waals surface area contributed by atoms with Crippen LogP contribution >= 0.6 is 0 Å². The van der Waals surface area contributed by atoms with Crippen molar-refractivity contribution in [2.75, 3.05) is 0 Å². The van der Waals surface area contributed by atoms with E-state index in [4.69, 9.17) is 0 Å². The number of benzene rings is 8. The highest BCUT2D eigenvalue weighted by molar-refractivity contribution is 6.00. The van der Waals surface area contributed by atoms with Gasteiger partial charge in [0.05, 0.1) is 5.41 Å². The molecule has 0 saturated heterocycles. The van der Waals surface area contributed by atoms with Crippen LogP contribution in [0.25, 0.3) is 54.9 Å². The van der Waals surface area contributed by atoms with Gasteiger partial charge in [0, 0.05) is 0 Å². The summed E-state index contributed by atoms with van der Waals surface area (Å²) in [6.07, 6.45) is 0. The lowest BCUT2D eigenvalue weighted by Gasteiger charge is -2.34. The Morgan fingerprint density at radius 3 is 1.19 bits per heavy atom. The molecular weight excluding hydrogens is 572 g/mol. The Bertz CT molecular complexity index is 2290. The first-order valence-corrected chi connectivity index (χ1v) is 16.0. The Kier molecular flexibility index (Phi) is 6.06. The Hall–Kier alpha value is -6.12. The maximum Gasteiger partial charge on any atom is 0.115 e. The van der Waals surface area contributed by atoms with Crippen LogP contribution in [0.15, 0.2) is 170 Å². The maximum atomic E-state index is 10.4. The molecule has 0 bridgehead atoms. The van der Waals surface area contributed by atoms with Crippen LogP contribution < -0.4 is 0 Å². The zero-order valence-electron chi connectivity index (χ0n) is 25.6. The summed E-state index contributed by atoms with van der Waals surface area (Å²) < 4.78 is 0. The monoisotopic (exact) mass is 602 g/mol. The van der Waals surface area contributed by atoms with E-state index in [1.807, 2.05) is 24.3 Å². The van der Waals surface area contributed by atoms with Gasteiger partial charge >= 0.3 is 0 Å². The predicted molar refractivity (Wildman–Crippen MR) is 193 cm³/mol. The molecule has 2 N–H and O–H groups in total. The second kappa shape index (κ2) is 10.5. The van der Waals surface area contributed by atoms with Gasteiger partial charge in [-0.1, -0.05) is 133 Å². The molecule has 222 valence electrons. The van der Waals surface area contributed by atoms with Crippen LogP contribution in [0.3, 0.4) is 0 Å². The molecule has 2 nitrogen and oxygen atoms in total. The van der Waals surface area contributed by atoms with E-state index in [9.17, 15) is 10.2 Å². The minimum atomic E-state index is -0.715. The molecule has 0 atom stereocenters. The van der Waals surface area contributed by atoms with Crippen molar-refractivity contribution in [1.29, 1.82) is 0 Å². The van der Waals surface area contributed by atoms with E-state index in [-0.39, 0.29) is 11.5 Å². The average Bonchev–Trinajstić information content (AvgIpc) is 3.41. The van der Waals surface area contributed by atoms with Gasteiger partial charge in [-0.05, 0) is 114 Å². The lowest BCUT2D eigenvalue weighted by Crippen LogP contribution is -2.28. The van der Waals surface area contributed by atoms with Crippen molar-refractivity contribution < 1.29 is 10.2 Å². The van der Waals surface area contributed by atoms with Crippen molar-refractivity contribution in [2.45, 2.75) is 5.41 Å². The topological polar surface area (TPSA) is 40.5 Å². The van der Waals surface area contributed by atoms with Crippen LogP contribution in [-0.2, 0) is 5.41 Å². The van der Waals surface area contributed by atoms with Gasteiger partial charge in [0.25, 0.3) is 0 Å². The average molecular weight is 603 g/mol. The van der Waals surface area contributed by atoms with E-state index in [1.165, 1.54) is 54.9 Å². The van der Waals surface area contributed by atoms with Gasteiger partial charge in [-0.2, -0.15) is 0 Å². The van der Waals surface area contributed by atoms with Crippen molar-refractivity contribution in [3.05, 3.63) is 192 Å². The number of aromatic hydroxyl groups is 2. The number of phenolic OH excluding ortho intramolecular Hbond substituents is 2. The van der Waals surface area contributed by atoms with E-state index in [0.29, 0.717) is 0 Å². The van der Waals surface area contributed by atoms with E-state index in [1.54, 1.807) is 24.3 Å². The highest BCUT2D eigenvalue weighted by atomic mass is 16.3. The second-order valence-corrected chi connectivity index (χ2v) is 12.4. The molecule has 0 aliphatic heterocycles. The van der Waals surface area contributed by atoms with Crippen LogP contribution in [0, 0.1) is 0 Å². The molecule has 0 amide bonds. The molecule has 0 fully saturated rings. The molecule has 47 heavy (non-hydrogen) atoms. The van der Waals surface area contributed by atoms with Gasteiger partial charge in [-0.15, -0.1) is 0 Å². The molecule has 0 unspecified atom stereocenters. The fourth-order valence-corrected chi connectivity index (χ4v) is 7.82. The molecule has 0 spiro atoms. The SMILES string of the molecule is Oc1ccc(C2(c3ccc(O)cc3)c3cc(-c4cccc5ccccc45)ccc3-c3ccc(-c4cccc5ccccc45)cc32)cc1. The summed E-state index contributed by atoms with van der Waals surface area (Å²) >= 11 is 0. The van der Waals surface area contributed by atoms with Crippen LogP contribution in [0.4, 0.5) is 0 Å². The molecule has 0 radical (unpaired) electrons. The zero-order chi connectivity index (χ0) is 31.5. The fraction of sp³-hybridized carbons (Fsp3) is 0.0222. The van der Waals surface area contributed by atoms with Crippen LogP contribution in [0.5, 0.6) is 11.5 Å². The minimum Gasteiger partial charge on any atom is -0.508 e. The molecule has 0 aromatic heterocycles. The van der Waals surface area contributed by atoms with Crippen molar-refractivity contribution in [3.63, 3.8) is 0 Å². The van der Waals surface area contributed by atoms with E-state index in [0.717, 1.165) is 22.3 Å². The fourth-order valence-electron chi connectivity index (χ4n) is 7.82. The highest BCUT2D eigenvalue weighted by Gasteiger charge is 2.46. The Morgan fingerprint density at radius 2 is 0.745 bits per heavy atom. The van der Waals surface area contributed by atoms with Gasteiger partial charge in [-0.3, -0.25) is 0 Å². The minimum absolute atomic E-state index is 0.224. The first kappa shape index (κ1) is 27.2. The predicted octanol–water partition coefficient (Wildman–Crippen LogP) is 11.1. The molecule has 2 heteroatoms. The molecular formula is C45H30O2. The molecule has 1 aliphatic carbocycles. The standard InChI is InChI=1S/C45H30O2/c46-35-21-17-33(18-22-35)45(34-19-23-36(47)24-20-34)43-27-31(39-13-5-9-29-7-1-3-11-37(29)39)15-25-41(43)42-26-16-32(28-44(42)45)40-14-6-10-30-8-2-4-12-38(30)40/h1-28,46-47H. The molecule has 9 rings (SSSR count). The first-order chi connectivity index (χ1) is 23.1. The molecule has 0 saturated carbocycles. The normalized spacial score (nSPS) is 13.0. The number of fused-ring (bicyclic) bond motifs is 5. The number of rotatable bonds is 4. The quantitative estimate of drug-likeness (QED) is 0.210. The third-order valence-corrected chi connectivity index (χ3v) is 9.94. The van der Waals surface area contributed by atoms with Crippen LogP contribution in [0.1, 0.15) is 22.3 Å². The maximum absolute atomic E-state index is 10.4. The third kappa shape index (κ3) is 4.12. The van der Waals surface area contributed by atoms with Gasteiger partial charge in [0.1, 0.15) is 11.5 Å². The highest BCUT2D eigenvalue weighted by Crippen LogP contribution is 2.58. The van der Waals surface area contributed by atoms with Gasteiger partial charge < -0.3 is 10.2 Å². The van der Waals surface area contributed by atoms with E-state index in [2.05, 4.69) is 121 Å². The van der Waals surface area contributed by atoms with Crippen molar-refractivity contribution in [2.24, 2.45) is 0 Å². The number of hydrogen-bond acceptors (Lipinski definition) is 2. The Morgan fingerprint density at radius 1 is 0.340 bits per heavy atom. The molecule has 8 aromatic carbocycles. The smallest absolute Gasteiger partial charge is 0.115 e. The summed E-state index contributed by atoms with van der Waals surface area (Å²) in [5.74, 6) is 0.448. The van der Waals surface area contributed by atoms with Crippen molar-refractivity contribution >= 4 is 21.5 Å². The summed E-state index contributed by atoms with van der Waals surface area (Å²) in [4.78, 5) is 0. The summed E-state index contributed by atoms with van der Waals surface area (Å²) in [6, 6.07) is 59.0. The second-order valence-electron chi connectivity index (χ2n) is 12.4. The largest absolute Gasteiger partial charge is 0.508 e. The first-order valence-electron chi connectivity index (χ1n) is 16.0. The van der Waals surface area contributed by atoms with Gasteiger partial charge in [0.15, 0.2) is 0 Å². The van der Waals surface area contributed by atoms with Crippen molar-refractivity contribution in [1.82, 2.24) is 0 Å². The summed E-state index contributed by atoms with van der Waals surface area (Å²) in [5, 5.41) is 25.7. The van der Waals surface area contributed by atoms with Crippen LogP contribution in [-0.4, -0.2) is 10.2 Å². The van der Waals surface area contributed by atoms with E-state index >= 15 is 0 Å². The van der Waals surface area contributed by atoms with Gasteiger partial charge in [-0.25, -0.2) is 0 Å².